The van der Waals surface area contributed by atoms with Crippen LogP contribution in [-0.4, -0.2) is 28.8 Å². The van der Waals surface area contributed by atoms with Gasteiger partial charge < -0.3 is 15.7 Å². The summed E-state index contributed by atoms with van der Waals surface area (Å²) < 4.78 is 0. The fraction of sp³-hybridized carbons (Fsp3) is 0.333. The molecule has 5 heteroatoms. The Morgan fingerprint density at radius 3 is 3.06 bits per heavy atom. The lowest BCUT2D eigenvalue weighted by atomic mass is 10.1. The van der Waals surface area contributed by atoms with Crippen LogP contribution in [0.1, 0.15) is 6.42 Å². The second-order valence-corrected chi connectivity index (χ2v) is 4.01. The minimum absolute atomic E-state index is 0.0104. The van der Waals surface area contributed by atoms with Crippen molar-refractivity contribution in [2.45, 2.75) is 12.5 Å². The third-order valence-electron chi connectivity index (χ3n) is 2.64. The van der Waals surface area contributed by atoms with Crippen LogP contribution in [0.4, 0.5) is 10.5 Å². The number of nitrogens with one attached hydrogen (secondary N) is 2. The van der Waals surface area contributed by atoms with Gasteiger partial charge in [0.15, 0.2) is 0 Å². The van der Waals surface area contributed by atoms with Crippen LogP contribution in [0, 0.1) is 5.92 Å². The van der Waals surface area contributed by atoms with E-state index in [1.165, 1.54) is 0 Å². The summed E-state index contributed by atoms with van der Waals surface area (Å²) in [4.78, 5) is 15.5. The number of aliphatic hydroxyl groups excluding tert-OH is 1. The number of aromatic nitrogens is 1. The minimum Gasteiger partial charge on any atom is -0.396 e. The molecule has 1 aliphatic rings. The molecule has 1 aliphatic carbocycles. The van der Waals surface area contributed by atoms with Gasteiger partial charge in [-0.2, -0.15) is 0 Å². The maximum atomic E-state index is 11.6. The van der Waals surface area contributed by atoms with Crippen LogP contribution in [0.25, 0.3) is 0 Å². The number of hydrogen-bond donors (Lipinski definition) is 3. The van der Waals surface area contributed by atoms with Crippen LogP contribution in [0.2, 0.25) is 0 Å². The molecule has 1 aromatic rings. The van der Waals surface area contributed by atoms with E-state index in [-0.39, 0.29) is 24.6 Å². The quantitative estimate of drug-likeness (QED) is 0.685. The summed E-state index contributed by atoms with van der Waals surface area (Å²) >= 11 is 0. The van der Waals surface area contributed by atoms with Crippen LogP contribution in [0.15, 0.2) is 36.7 Å². The Hall–Kier alpha value is -1.88. The molecule has 0 aromatic carbocycles. The third-order valence-corrected chi connectivity index (χ3v) is 2.64. The van der Waals surface area contributed by atoms with Crippen molar-refractivity contribution < 1.29 is 9.90 Å². The standard InChI is InChI=1S/C12H15N3O2/c16-8-9-3-4-10(6-9)14-12(17)15-11-2-1-5-13-7-11/h1-5,7,9-10,16H,6,8H2,(H2,14,15,17)/t9-,10+/m0/s1. The van der Waals surface area contributed by atoms with Crippen LogP contribution < -0.4 is 10.6 Å². The summed E-state index contributed by atoms with van der Waals surface area (Å²) in [6.45, 7) is 0.124. The number of anilines is 1. The van der Waals surface area contributed by atoms with Gasteiger partial charge in [-0.1, -0.05) is 12.2 Å². The molecule has 0 saturated carbocycles. The fourth-order valence-corrected chi connectivity index (χ4v) is 1.79. The summed E-state index contributed by atoms with van der Waals surface area (Å²) in [5, 5.41) is 14.5. The average Bonchev–Trinajstić information content (AvgIpc) is 2.78. The van der Waals surface area contributed by atoms with Gasteiger partial charge in [0.1, 0.15) is 0 Å². The molecule has 1 heterocycles. The van der Waals surface area contributed by atoms with Crippen LogP contribution in [0.3, 0.4) is 0 Å². The van der Waals surface area contributed by atoms with Crippen LogP contribution in [-0.2, 0) is 0 Å². The van der Waals surface area contributed by atoms with E-state index in [1.54, 1.807) is 24.5 Å². The van der Waals surface area contributed by atoms with Gasteiger partial charge >= 0.3 is 6.03 Å². The summed E-state index contributed by atoms with van der Waals surface area (Å²) in [7, 11) is 0. The molecule has 2 atom stereocenters. The smallest absolute Gasteiger partial charge is 0.319 e. The van der Waals surface area contributed by atoms with E-state index in [2.05, 4.69) is 15.6 Å². The van der Waals surface area contributed by atoms with Crippen LogP contribution in [0.5, 0.6) is 0 Å². The predicted molar refractivity (Wildman–Crippen MR) is 64.5 cm³/mol. The first-order chi connectivity index (χ1) is 8.28. The van der Waals surface area contributed by atoms with Crippen molar-refractivity contribution in [2.24, 2.45) is 5.92 Å². The molecule has 3 N–H and O–H groups in total. The molecule has 0 unspecified atom stereocenters. The highest BCUT2D eigenvalue weighted by Gasteiger charge is 2.19. The molecule has 0 aliphatic heterocycles. The largest absolute Gasteiger partial charge is 0.396 e. The SMILES string of the molecule is O=C(Nc1cccnc1)N[C@@H]1C=C[C@H](CO)C1. The first kappa shape index (κ1) is 11.6. The lowest BCUT2D eigenvalue weighted by Crippen LogP contribution is -2.36. The minimum atomic E-state index is -0.258. The van der Waals surface area contributed by atoms with Gasteiger partial charge in [-0.3, -0.25) is 4.98 Å². The Morgan fingerprint density at radius 2 is 2.41 bits per heavy atom. The van der Waals surface area contributed by atoms with Crippen molar-refractivity contribution in [2.75, 3.05) is 11.9 Å². The van der Waals surface area contributed by atoms with Gasteiger partial charge in [-0.15, -0.1) is 0 Å². The Labute approximate surface area is 99.6 Å². The van der Waals surface area contributed by atoms with E-state index in [0.717, 1.165) is 6.42 Å². The second kappa shape index (κ2) is 5.45. The Bertz CT molecular complexity index is 405. The Kier molecular flexibility index (Phi) is 3.72. The monoisotopic (exact) mass is 233 g/mol. The first-order valence-electron chi connectivity index (χ1n) is 5.54. The number of nitrogens with zero attached hydrogens (tertiary/aromatic N) is 1. The number of urea groups is 1. The topological polar surface area (TPSA) is 74.2 Å². The van der Waals surface area contributed by atoms with E-state index in [0.29, 0.717) is 5.69 Å². The molecular weight excluding hydrogens is 218 g/mol. The molecule has 2 amide bonds. The summed E-state index contributed by atoms with van der Waals surface area (Å²) in [6, 6.07) is 3.26. The lowest BCUT2D eigenvalue weighted by Gasteiger charge is -2.13. The predicted octanol–water partition coefficient (Wildman–Crippen LogP) is 1.14. The number of rotatable bonds is 3. The van der Waals surface area contributed by atoms with Gasteiger partial charge in [-0.25, -0.2) is 4.79 Å². The van der Waals surface area contributed by atoms with Gasteiger partial charge in [0.2, 0.25) is 0 Å². The number of pyridine rings is 1. The molecule has 5 nitrogen and oxygen atoms in total. The zero-order valence-corrected chi connectivity index (χ0v) is 9.34. The highest BCUT2D eigenvalue weighted by molar-refractivity contribution is 5.89. The van der Waals surface area contributed by atoms with Gasteiger partial charge in [0, 0.05) is 24.8 Å². The van der Waals surface area contributed by atoms with E-state index in [1.807, 2.05) is 12.2 Å². The normalized spacial score (nSPS) is 22.4. The maximum absolute atomic E-state index is 11.6. The van der Waals surface area contributed by atoms with E-state index in [9.17, 15) is 4.79 Å². The molecule has 0 bridgehead atoms. The zero-order chi connectivity index (χ0) is 12.1. The van der Waals surface area contributed by atoms with E-state index in [4.69, 9.17) is 5.11 Å². The molecule has 1 aromatic heterocycles. The number of aliphatic hydroxyl groups is 1. The van der Waals surface area contributed by atoms with E-state index >= 15 is 0 Å². The molecule has 0 spiro atoms. The zero-order valence-electron chi connectivity index (χ0n) is 9.34. The molecule has 90 valence electrons. The Balaban J connectivity index is 1.81. The second-order valence-electron chi connectivity index (χ2n) is 4.01. The van der Waals surface area contributed by atoms with E-state index < -0.39 is 0 Å². The van der Waals surface area contributed by atoms with Gasteiger partial charge in [-0.05, 0) is 18.6 Å². The number of hydrogen-bond acceptors (Lipinski definition) is 3. The molecule has 0 fully saturated rings. The van der Waals surface area contributed by atoms with Gasteiger partial charge in [0.25, 0.3) is 0 Å². The number of amides is 2. The van der Waals surface area contributed by atoms with Crippen molar-refractivity contribution in [1.82, 2.24) is 10.3 Å². The molecule has 17 heavy (non-hydrogen) atoms. The maximum Gasteiger partial charge on any atom is 0.319 e. The van der Waals surface area contributed by atoms with Crippen molar-refractivity contribution in [3.05, 3.63) is 36.7 Å². The highest BCUT2D eigenvalue weighted by Crippen LogP contribution is 2.17. The van der Waals surface area contributed by atoms with Crippen molar-refractivity contribution >= 4 is 11.7 Å². The lowest BCUT2D eigenvalue weighted by molar-refractivity contribution is 0.238. The summed E-state index contributed by atoms with van der Waals surface area (Å²) in [5.74, 6) is 0.152. The summed E-state index contributed by atoms with van der Waals surface area (Å²) in [5.41, 5.74) is 0.658. The fourth-order valence-electron chi connectivity index (χ4n) is 1.79. The highest BCUT2D eigenvalue weighted by atomic mass is 16.3. The van der Waals surface area contributed by atoms with Crippen molar-refractivity contribution in [3.63, 3.8) is 0 Å². The van der Waals surface area contributed by atoms with Crippen LogP contribution >= 0.6 is 0 Å². The molecule has 0 saturated heterocycles. The molecule has 0 radical (unpaired) electrons. The average molecular weight is 233 g/mol. The van der Waals surface area contributed by atoms with Gasteiger partial charge in [0.05, 0.1) is 11.9 Å². The van der Waals surface area contributed by atoms with Crippen molar-refractivity contribution in [3.8, 4) is 0 Å². The summed E-state index contributed by atoms with van der Waals surface area (Å²) in [6.07, 6.45) is 7.81. The first-order valence-corrected chi connectivity index (χ1v) is 5.54. The third kappa shape index (κ3) is 3.29. The van der Waals surface area contributed by atoms with Crippen molar-refractivity contribution in [1.29, 1.82) is 0 Å². The number of carbonyl (C=O) groups is 1. The molecular formula is C12H15N3O2. The Morgan fingerprint density at radius 1 is 1.53 bits per heavy atom. The number of carbonyl (C=O) groups excluding carboxylic acids is 1. The molecule has 2 rings (SSSR count).